The third kappa shape index (κ3) is 4.84. The minimum absolute atomic E-state index is 0.251. The van der Waals surface area contributed by atoms with Crippen molar-refractivity contribution < 1.29 is 4.79 Å². The van der Waals surface area contributed by atoms with E-state index in [-0.39, 0.29) is 10.1 Å². The molecule has 4 nitrogen and oxygen atoms in total. The molecule has 0 bridgehead atoms. The molecule has 2 rings (SSSR count). The van der Waals surface area contributed by atoms with Gasteiger partial charge >= 0.3 is 0 Å². The fourth-order valence-corrected chi connectivity index (χ4v) is 2.48. The summed E-state index contributed by atoms with van der Waals surface area (Å²) in [5.41, 5.74) is 6.15. The van der Waals surface area contributed by atoms with Crippen LogP contribution in [0.2, 0.25) is 10.0 Å². The van der Waals surface area contributed by atoms with Crippen LogP contribution in [0.15, 0.2) is 46.9 Å². The van der Waals surface area contributed by atoms with Crippen molar-refractivity contribution in [3.63, 3.8) is 0 Å². The van der Waals surface area contributed by atoms with Crippen molar-refractivity contribution >= 4 is 68.1 Å². The molecule has 0 radical (unpaired) electrons. The van der Waals surface area contributed by atoms with E-state index in [0.717, 1.165) is 10.2 Å². The van der Waals surface area contributed by atoms with Gasteiger partial charge in [0.2, 0.25) is 0 Å². The number of anilines is 1. The number of benzene rings is 2. The minimum Gasteiger partial charge on any atom is -0.331 e. The third-order valence-corrected chi connectivity index (χ3v) is 3.85. The van der Waals surface area contributed by atoms with Crippen molar-refractivity contribution in [1.82, 2.24) is 10.9 Å². The summed E-state index contributed by atoms with van der Waals surface area (Å²) in [4.78, 5) is 12.0. The summed E-state index contributed by atoms with van der Waals surface area (Å²) in [7, 11) is 0. The highest BCUT2D eigenvalue weighted by atomic mass is 79.9. The number of hydrogen-bond acceptors (Lipinski definition) is 2. The normalized spacial score (nSPS) is 9.95. The Morgan fingerprint density at radius 1 is 1.05 bits per heavy atom. The number of thiocarbonyl (C=S) groups is 1. The maximum Gasteiger partial charge on any atom is 0.271 e. The van der Waals surface area contributed by atoms with Crippen molar-refractivity contribution in [2.75, 3.05) is 5.32 Å². The van der Waals surface area contributed by atoms with Crippen LogP contribution < -0.4 is 16.2 Å². The smallest absolute Gasteiger partial charge is 0.271 e. The number of hydrazine groups is 1. The molecule has 3 N–H and O–H groups in total. The van der Waals surface area contributed by atoms with Crippen molar-refractivity contribution in [2.24, 2.45) is 0 Å². The molecular formula is C14H10BrCl2N3OS. The molecule has 1 amide bonds. The molecule has 0 heterocycles. The first kappa shape index (κ1) is 17.0. The zero-order valence-corrected chi connectivity index (χ0v) is 14.9. The molecule has 8 heteroatoms. The van der Waals surface area contributed by atoms with Crippen LogP contribution in [-0.4, -0.2) is 11.0 Å². The van der Waals surface area contributed by atoms with Crippen LogP contribution in [0.5, 0.6) is 0 Å². The average molecular weight is 419 g/mol. The molecule has 0 atom stereocenters. The summed E-state index contributed by atoms with van der Waals surface area (Å²) in [5.74, 6) is -0.415. The Labute approximate surface area is 151 Å². The van der Waals surface area contributed by atoms with Gasteiger partial charge in [-0.2, -0.15) is 0 Å². The van der Waals surface area contributed by atoms with Gasteiger partial charge in [0.1, 0.15) is 0 Å². The van der Waals surface area contributed by atoms with Crippen LogP contribution in [0, 0.1) is 0 Å². The number of hydrogen-bond donors (Lipinski definition) is 3. The molecule has 0 unspecified atom stereocenters. The SMILES string of the molecule is O=C(NNC(=S)Nc1ccc(Br)cc1)c1ccc(Cl)cc1Cl. The number of carbonyl (C=O) groups is 1. The quantitative estimate of drug-likeness (QED) is 0.500. The van der Waals surface area contributed by atoms with Crippen LogP contribution in [0.25, 0.3) is 0 Å². The first-order valence-electron chi connectivity index (χ1n) is 6.03. The molecule has 0 aliphatic carbocycles. The lowest BCUT2D eigenvalue weighted by Crippen LogP contribution is -2.43. The van der Waals surface area contributed by atoms with E-state index in [1.54, 1.807) is 6.07 Å². The molecule has 114 valence electrons. The number of carbonyl (C=O) groups excluding carboxylic acids is 1. The first-order valence-corrected chi connectivity index (χ1v) is 7.99. The van der Waals surface area contributed by atoms with E-state index >= 15 is 0 Å². The van der Waals surface area contributed by atoms with Gasteiger partial charge in [-0.25, -0.2) is 0 Å². The van der Waals surface area contributed by atoms with Gasteiger partial charge in [-0.05, 0) is 54.7 Å². The fraction of sp³-hybridized carbons (Fsp3) is 0. The number of nitrogens with one attached hydrogen (secondary N) is 3. The molecular weight excluding hydrogens is 409 g/mol. The molecule has 0 saturated heterocycles. The zero-order valence-electron chi connectivity index (χ0n) is 11.0. The number of halogens is 3. The standard InChI is InChI=1S/C14H10BrCl2N3OS/c15-8-1-4-10(5-2-8)18-14(22)20-19-13(21)11-6-3-9(16)7-12(11)17/h1-7H,(H,19,21)(H2,18,20,22). The predicted molar refractivity (Wildman–Crippen MR) is 97.4 cm³/mol. The van der Waals surface area contributed by atoms with E-state index in [1.807, 2.05) is 24.3 Å². The van der Waals surface area contributed by atoms with Crippen molar-refractivity contribution in [2.45, 2.75) is 0 Å². The van der Waals surface area contributed by atoms with E-state index in [0.29, 0.717) is 10.6 Å². The Morgan fingerprint density at radius 2 is 1.73 bits per heavy atom. The van der Waals surface area contributed by atoms with E-state index in [2.05, 4.69) is 32.1 Å². The summed E-state index contributed by atoms with van der Waals surface area (Å²) in [6.07, 6.45) is 0. The van der Waals surface area contributed by atoms with Crippen molar-refractivity contribution in [1.29, 1.82) is 0 Å². The number of rotatable bonds is 2. The molecule has 2 aromatic carbocycles. The van der Waals surface area contributed by atoms with E-state index in [4.69, 9.17) is 35.4 Å². The second-order valence-corrected chi connectivity index (χ2v) is 6.33. The predicted octanol–water partition coefficient (Wildman–Crippen LogP) is 4.39. The molecule has 0 saturated carbocycles. The molecule has 0 fully saturated rings. The average Bonchev–Trinajstić information content (AvgIpc) is 2.47. The highest BCUT2D eigenvalue weighted by Crippen LogP contribution is 2.20. The minimum atomic E-state index is -0.415. The monoisotopic (exact) mass is 417 g/mol. The van der Waals surface area contributed by atoms with Gasteiger partial charge in [-0.15, -0.1) is 0 Å². The highest BCUT2D eigenvalue weighted by Gasteiger charge is 2.10. The Morgan fingerprint density at radius 3 is 2.36 bits per heavy atom. The van der Waals surface area contributed by atoms with Gasteiger partial charge in [0.05, 0.1) is 10.6 Å². The molecule has 0 aromatic heterocycles. The lowest BCUT2D eigenvalue weighted by Gasteiger charge is -2.12. The van der Waals surface area contributed by atoms with Crippen molar-refractivity contribution in [3.05, 3.63) is 62.5 Å². The van der Waals surface area contributed by atoms with Gasteiger partial charge in [0.15, 0.2) is 5.11 Å². The molecule has 22 heavy (non-hydrogen) atoms. The third-order valence-electron chi connectivity index (χ3n) is 2.57. The van der Waals surface area contributed by atoms with Crippen LogP contribution in [0.1, 0.15) is 10.4 Å². The molecule has 2 aromatic rings. The van der Waals surface area contributed by atoms with E-state index in [1.165, 1.54) is 12.1 Å². The Bertz CT molecular complexity index is 710. The van der Waals surface area contributed by atoms with Gasteiger partial charge in [0, 0.05) is 15.2 Å². The van der Waals surface area contributed by atoms with E-state index < -0.39 is 5.91 Å². The lowest BCUT2D eigenvalue weighted by molar-refractivity contribution is 0.0944. The lowest BCUT2D eigenvalue weighted by atomic mass is 10.2. The number of amides is 1. The molecule has 0 spiro atoms. The summed E-state index contributed by atoms with van der Waals surface area (Å²) >= 11 is 20.2. The summed E-state index contributed by atoms with van der Waals surface area (Å²) in [5, 5.41) is 3.90. The maximum atomic E-state index is 12.0. The second kappa shape index (κ2) is 7.78. The topological polar surface area (TPSA) is 53.2 Å². The summed E-state index contributed by atoms with van der Waals surface area (Å²) in [6.45, 7) is 0. The second-order valence-electron chi connectivity index (χ2n) is 4.16. The Kier molecular flexibility index (Phi) is 6.02. The Hall–Kier alpha value is -1.34. The first-order chi connectivity index (χ1) is 10.5. The van der Waals surface area contributed by atoms with E-state index in [9.17, 15) is 4.79 Å². The van der Waals surface area contributed by atoms with Crippen LogP contribution in [0.4, 0.5) is 5.69 Å². The van der Waals surface area contributed by atoms with Crippen LogP contribution >= 0.6 is 51.3 Å². The van der Waals surface area contributed by atoms with Gasteiger partial charge in [-0.1, -0.05) is 39.1 Å². The largest absolute Gasteiger partial charge is 0.331 e. The van der Waals surface area contributed by atoms with Crippen molar-refractivity contribution in [3.8, 4) is 0 Å². The van der Waals surface area contributed by atoms with Crippen LogP contribution in [0.3, 0.4) is 0 Å². The Balaban J connectivity index is 1.90. The maximum absolute atomic E-state index is 12.0. The highest BCUT2D eigenvalue weighted by molar-refractivity contribution is 9.10. The summed E-state index contributed by atoms with van der Waals surface area (Å²) < 4.78 is 0.961. The fourth-order valence-electron chi connectivity index (χ4n) is 1.55. The molecule has 0 aliphatic heterocycles. The van der Waals surface area contributed by atoms with Gasteiger partial charge in [-0.3, -0.25) is 15.6 Å². The van der Waals surface area contributed by atoms with Gasteiger partial charge < -0.3 is 5.32 Å². The molecule has 0 aliphatic rings. The van der Waals surface area contributed by atoms with Gasteiger partial charge in [0.25, 0.3) is 5.91 Å². The zero-order chi connectivity index (χ0) is 16.1. The summed E-state index contributed by atoms with van der Waals surface area (Å²) in [6, 6.07) is 12.0. The van der Waals surface area contributed by atoms with Crippen LogP contribution in [-0.2, 0) is 0 Å².